The van der Waals surface area contributed by atoms with Crippen molar-refractivity contribution in [3.8, 4) is 5.75 Å². The Labute approximate surface area is 206 Å². The molecular formula is C26H33ClN2O3S. The number of benzene rings is 2. The molecule has 0 aromatic heterocycles. The van der Waals surface area contributed by atoms with Gasteiger partial charge in [-0.25, -0.2) is 0 Å². The number of nitrogens with zero attached hydrogens (tertiary/aromatic N) is 1. The summed E-state index contributed by atoms with van der Waals surface area (Å²) in [5, 5.41) is 3.87. The van der Waals surface area contributed by atoms with Gasteiger partial charge >= 0.3 is 0 Å². The van der Waals surface area contributed by atoms with Crippen molar-refractivity contribution < 1.29 is 14.3 Å². The maximum atomic E-state index is 13.3. The molecule has 2 aromatic carbocycles. The van der Waals surface area contributed by atoms with Crippen molar-refractivity contribution in [2.75, 3.05) is 12.9 Å². The third kappa shape index (κ3) is 7.68. The highest BCUT2D eigenvalue weighted by Gasteiger charge is 2.28. The first kappa shape index (κ1) is 25.4. The summed E-state index contributed by atoms with van der Waals surface area (Å²) in [7, 11) is 1.62. The number of methoxy groups -OCH3 is 1. The van der Waals surface area contributed by atoms with Gasteiger partial charge in [0.25, 0.3) is 0 Å². The fourth-order valence-electron chi connectivity index (χ4n) is 4.03. The van der Waals surface area contributed by atoms with E-state index in [0.717, 1.165) is 42.6 Å². The molecule has 1 atom stereocenters. The predicted octanol–water partition coefficient (Wildman–Crippen LogP) is 5.45. The molecule has 33 heavy (non-hydrogen) atoms. The van der Waals surface area contributed by atoms with Gasteiger partial charge in [0.2, 0.25) is 11.8 Å². The normalized spacial score (nSPS) is 15.0. The summed E-state index contributed by atoms with van der Waals surface area (Å²) in [4.78, 5) is 28.0. The van der Waals surface area contributed by atoms with Crippen LogP contribution in [0.25, 0.3) is 0 Å². The topological polar surface area (TPSA) is 58.6 Å². The molecule has 2 amide bonds. The van der Waals surface area contributed by atoms with E-state index in [2.05, 4.69) is 5.32 Å². The third-order valence-corrected chi connectivity index (χ3v) is 7.41. The summed E-state index contributed by atoms with van der Waals surface area (Å²) in [5.41, 5.74) is 1.96. The van der Waals surface area contributed by atoms with Gasteiger partial charge in [0.15, 0.2) is 0 Å². The monoisotopic (exact) mass is 488 g/mol. The van der Waals surface area contributed by atoms with E-state index in [0.29, 0.717) is 17.3 Å². The number of carbonyl (C=O) groups is 2. The average Bonchev–Trinajstić information content (AvgIpc) is 2.84. The highest BCUT2D eigenvalue weighted by Crippen LogP contribution is 2.22. The highest BCUT2D eigenvalue weighted by molar-refractivity contribution is 7.99. The number of thioether (sulfide) groups is 1. The van der Waals surface area contributed by atoms with Crippen molar-refractivity contribution >= 4 is 35.2 Å². The van der Waals surface area contributed by atoms with Crippen LogP contribution in [0, 0.1) is 0 Å². The third-order valence-electron chi connectivity index (χ3n) is 6.07. The SMILES string of the molecule is COc1ccc(CN(C(=O)CSCc2ccccc2Cl)C(C)C(=O)NC2CCCCC2)cc1. The Morgan fingerprint density at radius 1 is 1.12 bits per heavy atom. The smallest absolute Gasteiger partial charge is 0.242 e. The summed E-state index contributed by atoms with van der Waals surface area (Å²) in [6.45, 7) is 2.19. The second-order valence-corrected chi connectivity index (χ2v) is 9.87. The van der Waals surface area contributed by atoms with Crippen LogP contribution in [0.15, 0.2) is 48.5 Å². The van der Waals surface area contributed by atoms with E-state index in [1.807, 2.05) is 55.5 Å². The van der Waals surface area contributed by atoms with E-state index in [1.165, 1.54) is 18.2 Å². The molecule has 1 N–H and O–H groups in total. The fourth-order valence-corrected chi connectivity index (χ4v) is 5.22. The van der Waals surface area contributed by atoms with Gasteiger partial charge in [-0.15, -0.1) is 11.8 Å². The number of amides is 2. The molecule has 1 saturated carbocycles. The van der Waals surface area contributed by atoms with E-state index in [-0.39, 0.29) is 23.6 Å². The molecule has 1 aliphatic carbocycles. The molecule has 1 unspecified atom stereocenters. The average molecular weight is 489 g/mol. The number of rotatable bonds is 10. The first-order valence-electron chi connectivity index (χ1n) is 11.5. The van der Waals surface area contributed by atoms with Crippen LogP contribution in [0.3, 0.4) is 0 Å². The van der Waals surface area contributed by atoms with Gasteiger partial charge < -0.3 is 15.0 Å². The summed E-state index contributed by atoms with van der Waals surface area (Å²) >= 11 is 7.76. The number of carbonyl (C=O) groups excluding carboxylic acids is 2. The summed E-state index contributed by atoms with van der Waals surface area (Å²) in [5.74, 6) is 1.54. The van der Waals surface area contributed by atoms with Crippen LogP contribution in [0.1, 0.15) is 50.2 Å². The standard InChI is InChI=1S/C26H33ClN2O3S/c1-19(26(31)28-22-9-4-3-5-10-22)29(16-20-12-14-23(32-2)15-13-20)25(30)18-33-17-21-8-6-7-11-24(21)27/h6-8,11-15,19,22H,3-5,9-10,16-18H2,1-2H3,(H,28,31). The van der Waals surface area contributed by atoms with E-state index in [9.17, 15) is 9.59 Å². The van der Waals surface area contributed by atoms with Crippen molar-refractivity contribution in [2.45, 2.75) is 63.4 Å². The molecule has 3 rings (SSSR count). The maximum Gasteiger partial charge on any atom is 0.242 e. The Balaban J connectivity index is 1.66. The lowest BCUT2D eigenvalue weighted by Gasteiger charge is -2.31. The van der Waals surface area contributed by atoms with Crippen LogP contribution in [0.2, 0.25) is 5.02 Å². The second-order valence-electron chi connectivity index (χ2n) is 8.47. The van der Waals surface area contributed by atoms with Crippen molar-refractivity contribution in [3.05, 3.63) is 64.7 Å². The van der Waals surface area contributed by atoms with Gasteiger partial charge in [-0.3, -0.25) is 9.59 Å². The molecular weight excluding hydrogens is 456 g/mol. The minimum atomic E-state index is -0.553. The molecule has 2 aromatic rings. The lowest BCUT2D eigenvalue weighted by Crippen LogP contribution is -2.50. The maximum absolute atomic E-state index is 13.3. The Morgan fingerprint density at radius 3 is 2.48 bits per heavy atom. The minimum Gasteiger partial charge on any atom is -0.497 e. The molecule has 0 heterocycles. The molecule has 1 aliphatic rings. The largest absolute Gasteiger partial charge is 0.497 e. The van der Waals surface area contributed by atoms with Gasteiger partial charge in [0.1, 0.15) is 11.8 Å². The van der Waals surface area contributed by atoms with Crippen molar-refractivity contribution in [3.63, 3.8) is 0 Å². The van der Waals surface area contributed by atoms with Gasteiger partial charge in [-0.1, -0.05) is 61.2 Å². The van der Waals surface area contributed by atoms with E-state index >= 15 is 0 Å². The minimum absolute atomic E-state index is 0.0610. The van der Waals surface area contributed by atoms with E-state index in [1.54, 1.807) is 12.0 Å². The number of nitrogens with one attached hydrogen (secondary N) is 1. The Kier molecular flexibility index (Phi) is 9.95. The summed E-state index contributed by atoms with van der Waals surface area (Å²) < 4.78 is 5.24. The summed E-state index contributed by atoms with van der Waals surface area (Å²) in [6, 6.07) is 14.9. The number of halogens is 1. The Hall–Kier alpha value is -2.18. The Morgan fingerprint density at radius 2 is 1.82 bits per heavy atom. The predicted molar refractivity (Wildman–Crippen MR) is 136 cm³/mol. The molecule has 178 valence electrons. The molecule has 0 radical (unpaired) electrons. The number of hydrogen-bond acceptors (Lipinski definition) is 4. The number of ether oxygens (including phenoxy) is 1. The zero-order chi connectivity index (χ0) is 23.6. The first-order chi connectivity index (χ1) is 16.0. The molecule has 5 nitrogen and oxygen atoms in total. The highest BCUT2D eigenvalue weighted by atomic mass is 35.5. The lowest BCUT2D eigenvalue weighted by atomic mass is 9.95. The Bertz CT molecular complexity index is 916. The van der Waals surface area contributed by atoms with E-state index < -0.39 is 6.04 Å². The zero-order valence-electron chi connectivity index (χ0n) is 19.4. The van der Waals surface area contributed by atoms with Crippen molar-refractivity contribution in [2.24, 2.45) is 0 Å². The van der Waals surface area contributed by atoms with Gasteiger partial charge in [-0.05, 0) is 49.1 Å². The molecule has 0 spiro atoms. The quantitative estimate of drug-likeness (QED) is 0.483. The lowest BCUT2D eigenvalue weighted by molar-refractivity contribution is -0.139. The van der Waals surface area contributed by atoms with Crippen LogP contribution in [-0.2, 0) is 21.9 Å². The van der Waals surface area contributed by atoms with Crippen LogP contribution in [0.5, 0.6) is 5.75 Å². The fraction of sp³-hybridized carbons (Fsp3) is 0.462. The molecule has 1 fully saturated rings. The van der Waals surface area contributed by atoms with Crippen LogP contribution in [-0.4, -0.2) is 41.7 Å². The van der Waals surface area contributed by atoms with Crippen molar-refractivity contribution in [1.29, 1.82) is 0 Å². The molecule has 0 bridgehead atoms. The molecule has 0 aliphatic heterocycles. The van der Waals surface area contributed by atoms with E-state index in [4.69, 9.17) is 16.3 Å². The second kappa shape index (κ2) is 12.9. The first-order valence-corrected chi connectivity index (χ1v) is 13.0. The van der Waals surface area contributed by atoms with Gasteiger partial charge in [0, 0.05) is 23.4 Å². The zero-order valence-corrected chi connectivity index (χ0v) is 21.0. The van der Waals surface area contributed by atoms with Crippen LogP contribution < -0.4 is 10.1 Å². The van der Waals surface area contributed by atoms with Crippen molar-refractivity contribution in [1.82, 2.24) is 10.2 Å². The van der Waals surface area contributed by atoms with Gasteiger partial charge in [-0.2, -0.15) is 0 Å². The number of hydrogen-bond donors (Lipinski definition) is 1. The van der Waals surface area contributed by atoms with Crippen LogP contribution in [0.4, 0.5) is 0 Å². The molecule has 0 saturated heterocycles. The van der Waals surface area contributed by atoms with Crippen LogP contribution >= 0.6 is 23.4 Å². The molecule has 7 heteroatoms. The van der Waals surface area contributed by atoms with Gasteiger partial charge in [0.05, 0.1) is 12.9 Å². The summed E-state index contributed by atoms with van der Waals surface area (Å²) in [6.07, 6.45) is 5.54.